The highest BCUT2D eigenvalue weighted by Crippen LogP contribution is 2.48. The van der Waals surface area contributed by atoms with Crippen molar-refractivity contribution in [2.75, 3.05) is 46.7 Å². The Bertz CT molecular complexity index is 1420. The molecule has 4 N–H and O–H groups in total. The molecule has 14 nitrogen and oxygen atoms in total. The van der Waals surface area contributed by atoms with Crippen molar-refractivity contribution in [2.24, 2.45) is 5.73 Å². The molecule has 0 radical (unpaired) electrons. The van der Waals surface area contributed by atoms with Gasteiger partial charge in [-0.25, -0.2) is 41.1 Å². The summed E-state index contributed by atoms with van der Waals surface area (Å²) in [5, 5.41) is 20.5. The summed E-state index contributed by atoms with van der Waals surface area (Å²) in [4.78, 5) is 57.6. The van der Waals surface area contributed by atoms with Crippen LogP contribution in [-0.2, 0) is 47.7 Å². The van der Waals surface area contributed by atoms with Crippen molar-refractivity contribution in [1.29, 1.82) is 0 Å². The molecule has 1 aromatic carbocycles. The number of esters is 3. The Morgan fingerprint density at radius 3 is 2.02 bits per heavy atom. The van der Waals surface area contributed by atoms with Crippen LogP contribution in [0, 0.1) is 29.1 Å². The number of hydrogen-bond donors (Lipinski definition) is 3. The second-order valence-electron chi connectivity index (χ2n) is 9.12. The molecule has 0 spiro atoms. The van der Waals surface area contributed by atoms with Gasteiger partial charge in [0.1, 0.15) is 12.2 Å². The van der Waals surface area contributed by atoms with Crippen molar-refractivity contribution in [3.05, 3.63) is 51.5 Å². The average Bonchev–Trinajstić information content (AvgIpc) is 3.01. The highest BCUT2D eigenvalue weighted by atomic mass is 19.2. The average molecular weight is 654 g/mol. The fraction of sp³-hybridized carbons (Fsp3) is 0.462. The van der Waals surface area contributed by atoms with Gasteiger partial charge in [-0.15, -0.1) is 0 Å². The Balaban J connectivity index is 2.54. The van der Waals surface area contributed by atoms with Crippen LogP contribution in [0.2, 0.25) is 0 Å². The van der Waals surface area contributed by atoms with Crippen LogP contribution in [-0.4, -0.2) is 104 Å². The minimum Gasteiger partial charge on any atom is -0.465 e. The number of aliphatic hydroxyl groups is 2. The second kappa shape index (κ2) is 14.3. The molecule has 1 saturated heterocycles. The Kier molecular flexibility index (Phi) is 11.2. The Morgan fingerprint density at radius 2 is 1.47 bits per heavy atom. The number of aliphatic hydroxyl groups excluding tert-OH is 2. The molecule has 1 aromatic rings. The van der Waals surface area contributed by atoms with E-state index in [1.807, 2.05) is 0 Å². The third-order valence-electron chi connectivity index (χ3n) is 6.38. The molecule has 3 atom stereocenters. The van der Waals surface area contributed by atoms with E-state index in [1.165, 1.54) is 6.92 Å². The molecule has 248 valence electrons. The number of carbonyl (C=O) groups excluding carboxylic acids is 4. The molecular formula is C26H27F5N2O12. The highest BCUT2D eigenvalue weighted by Gasteiger charge is 2.60. The van der Waals surface area contributed by atoms with E-state index >= 15 is 8.78 Å². The zero-order valence-electron chi connectivity index (χ0n) is 23.8. The van der Waals surface area contributed by atoms with Gasteiger partial charge in [-0.3, -0.25) is 0 Å². The lowest BCUT2D eigenvalue weighted by Gasteiger charge is -2.47. The van der Waals surface area contributed by atoms with Gasteiger partial charge < -0.3 is 44.5 Å². The van der Waals surface area contributed by atoms with E-state index < -0.39 is 119 Å². The number of rotatable bonds is 11. The predicted octanol–water partition coefficient (Wildman–Crippen LogP) is -0.114. The Morgan fingerprint density at radius 1 is 0.911 bits per heavy atom. The molecule has 1 fully saturated rings. The summed E-state index contributed by atoms with van der Waals surface area (Å²) >= 11 is 0. The van der Waals surface area contributed by atoms with Crippen molar-refractivity contribution < 1.29 is 79.9 Å². The number of nitrogens with zero attached hydrogens (tertiary/aromatic N) is 1. The van der Waals surface area contributed by atoms with Gasteiger partial charge in [0.05, 0.1) is 50.4 Å². The fourth-order valence-electron chi connectivity index (χ4n) is 4.40. The standard InChI is InChI=1S/C26H27F5N2O12/c1-4-43-22(36)11-10(2)33-26(9-42-8-7-41-6-5-32,44-24(38)20(34)21(35)25(39)45-33)14(23(37)40-3)12(11)13-15(27)17(29)19(31)18(30)16(13)28/h20-21,34-35H,4-9,32H2,1-3H3. The molecule has 3 unspecified atom stereocenters. The molecule has 45 heavy (non-hydrogen) atoms. The van der Waals surface area contributed by atoms with Crippen molar-refractivity contribution in [1.82, 2.24) is 5.06 Å². The number of hydroxylamine groups is 2. The van der Waals surface area contributed by atoms with Crippen LogP contribution >= 0.6 is 0 Å². The molecular weight excluding hydrogens is 627 g/mol. The van der Waals surface area contributed by atoms with Gasteiger partial charge in [-0.1, -0.05) is 0 Å². The van der Waals surface area contributed by atoms with Crippen LogP contribution in [0.4, 0.5) is 22.0 Å². The quantitative estimate of drug-likeness (QED) is 0.0715. The summed E-state index contributed by atoms with van der Waals surface area (Å²) in [6.07, 6.45) is -5.31. The number of halogens is 5. The van der Waals surface area contributed by atoms with Gasteiger partial charge in [0, 0.05) is 12.1 Å². The number of ether oxygens (including phenoxy) is 5. The summed E-state index contributed by atoms with van der Waals surface area (Å²) in [6.45, 7) is 0.0878. The van der Waals surface area contributed by atoms with Gasteiger partial charge in [-0.05, 0) is 13.8 Å². The SMILES string of the molecule is CCOC(=O)C1=C(C)N2OC(=O)C(O)C(O)C(=O)OC2(COCCOCCN)C(C(=O)OC)=C1c1c(F)c(F)c(F)c(F)c1F. The monoisotopic (exact) mass is 654 g/mol. The van der Waals surface area contributed by atoms with Crippen LogP contribution in [0.5, 0.6) is 0 Å². The maximum absolute atomic E-state index is 15.4. The number of benzene rings is 1. The first-order valence-electron chi connectivity index (χ1n) is 12.9. The van der Waals surface area contributed by atoms with Crippen LogP contribution in [0.15, 0.2) is 16.8 Å². The molecule has 0 aliphatic carbocycles. The normalized spacial score (nSPS) is 22.0. The smallest absolute Gasteiger partial charge is 0.364 e. The summed E-state index contributed by atoms with van der Waals surface area (Å²) in [7, 11) is 0.690. The highest BCUT2D eigenvalue weighted by molar-refractivity contribution is 6.15. The van der Waals surface area contributed by atoms with Gasteiger partial charge in [0.15, 0.2) is 35.5 Å². The molecule has 0 bridgehead atoms. The lowest BCUT2D eigenvalue weighted by molar-refractivity contribution is -0.288. The van der Waals surface area contributed by atoms with Gasteiger partial charge in [-0.2, -0.15) is 5.06 Å². The topological polar surface area (TPSA) is 193 Å². The molecule has 0 amide bonds. The third kappa shape index (κ3) is 6.34. The predicted molar refractivity (Wildman–Crippen MR) is 134 cm³/mol. The van der Waals surface area contributed by atoms with Gasteiger partial charge in [0.25, 0.3) is 5.72 Å². The van der Waals surface area contributed by atoms with Gasteiger partial charge in [0.2, 0.25) is 5.82 Å². The largest absolute Gasteiger partial charge is 0.465 e. The van der Waals surface area contributed by atoms with E-state index in [-0.39, 0.29) is 24.8 Å². The third-order valence-corrected chi connectivity index (χ3v) is 6.38. The van der Waals surface area contributed by atoms with Crippen LogP contribution in [0.1, 0.15) is 19.4 Å². The van der Waals surface area contributed by atoms with E-state index in [4.69, 9.17) is 34.3 Å². The first-order chi connectivity index (χ1) is 21.2. The van der Waals surface area contributed by atoms with Crippen LogP contribution < -0.4 is 5.73 Å². The first-order valence-corrected chi connectivity index (χ1v) is 12.9. The zero-order chi connectivity index (χ0) is 33.8. The molecule has 3 rings (SSSR count). The van der Waals surface area contributed by atoms with Crippen molar-refractivity contribution in [3.63, 3.8) is 0 Å². The van der Waals surface area contributed by atoms with Crippen molar-refractivity contribution >= 4 is 29.5 Å². The molecule has 2 aliphatic rings. The molecule has 2 heterocycles. The fourth-order valence-corrected chi connectivity index (χ4v) is 4.40. The summed E-state index contributed by atoms with van der Waals surface area (Å²) in [5.74, 6) is -19.6. The van der Waals surface area contributed by atoms with E-state index in [1.54, 1.807) is 0 Å². The lowest BCUT2D eigenvalue weighted by atomic mass is 9.82. The van der Waals surface area contributed by atoms with E-state index in [0.717, 1.165) is 6.92 Å². The minimum absolute atomic E-state index is 0.0553. The van der Waals surface area contributed by atoms with Crippen LogP contribution in [0.25, 0.3) is 5.57 Å². The maximum atomic E-state index is 15.4. The van der Waals surface area contributed by atoms with E-state index in [0.29, 0.717) is 7.11 Å². The number of allylic oxidation sites excluding steroid dienone is 1. The van der Waals surface area contributed by atoms with E-state index in [9.17, 15) is 42.6 Å². The van der Waals surface area contributed by atoms with Crippen molar-refractivity contribution in [2.45, 2.75) is 31.8 Å². The first kappa shape index (κ1) is 35.3. The molecule has 19 heteroatoms. The molecule has 2 aliphatic heterocycles. The Labute approximate surface area is 250 Å². The summed E-state index contributed by atoms with van der Waals surface area (Å²) < 4.78 is 99.6. The number of fused-ring (bicyclic) bond motifs is 1. The summed E-state index contributed by atoms with van der Waals surface area (Å²) in [6, 6.07) is 0. The second-order valence-corrected chi connectivity index (χ2v) is 9.12. The van der Waals surface area contributed by atoms with Crippen molar-refractivity contribution in [3.8, 4) is 0 Å². The van der Waals surface area contributed by atoms with Gasteiger partial charge >= 0.3 is 23.9 Å². The number of carbonyl (C=O) groups is 4. The maximum Gasteiger partial charge on any atom is 0.364 e. The van der Waals surface area contributed by atoms with E-state index in [2.05, 4.69) is 0 Å². The zero-order valence-corrected chi connectivity index (χ0v) is 23.8. The Hall–Kier alpha value is -4.17. The lowest BCUT2D eigenvalue weighted by Crippen LogP contribution is -2.64. The number of nitrogens with two attached hydrogens (primary N) is 1. The molecule has 0 saturated carbocycles. The summed E-state index contributed by atoms with van der Waals surface area (Å²) in [5.41, 5.74) is -4.36. The molecule has 0 aromatic heterocycles. The number of methoxy groups -OCH3 is 1. The van der Waals surface area contributed by atoms with Crippen LogP contribution in [0.3, 0.4) is 0 Å². The minimum atomic E-state index is -3.13. The number of hydrogen-bond acceptors (Lipinski definition) is 14.